The molecule has 4 heteroatoms. The molecule has 0 spiro atoms. The first-order chi connectivity index (χ1) is 12.6. The molecule has 1 saturated heterocycles. The zero-order valence-electron chi connectivity index (χ0n) is 14.9. The summed E-state index contributed by atoms with van der Waals surface area (Å²) in [4.78, 5) is 26.2. The van der Waals surface area contributed by atoms with Gasteiger partial charge in [-0.2, -0.15) is 0 Å². The number of aromatic carboxylic acids is 1. The second-order valence-corrected chi connectivity index (χ2v) is 6.89. The average Bonchev–Trinajstić information content (AvgIpc) is 2.67. The maximum Gasteiger partial charge on any atom is 0.335 e. The molecule has 0 aliphatic carbocycles. The number of carboxylic acid groups (broad SMARTS) is 1. The highest BCUT2D eigenvalue weighted by Gasteiger charge is 2.26. The molecule has 1 heterocycles. The number of aryl methyl sites for hydroxylation is 1. The SMILES string of the molecule is O=C(O)c1ccccc1CCC(=O)N1CCCCC1Cc1ccccc1. The number of hydrogen-bond donors (Lipinski definition) is 1. The first kappa shape index (κ1) is 18.2. The molecule has 1 aliphatic rings. The van der Waals surface area contributed by atoms with Crippen molar-refractivity contribution in [1.82, 2.24) is 4.90 Å². The largest absolute Gasteiger partial charge is 0.478 e. The van der Waals surface area contributed by atoms with Crippen molar-refractivity contribution in [2.24, 2.45) is 0 Å². The van der Waals surface area contributed by atoms with Crippen molar-refractivity contribution < 1.29 is 14.7 Å². The molecule has 1 fully saturated rings. The van der Waals surface area contributed by atoms with Gasteiger partial charge in [0.2, 0.25) is 5.91 Å². The normalized spacial score (nSPS) is 17.1. The topological polar surface area (TPSA) is 57.6 Å². The van der Waals surface area contributed by atoms with Gasteiger partial charge in [-0.25, -0.2) is 4.79 Å². The number of hydrogen-bond acceptors (Lipinski definition) is 2. The van der Waals surface area contributed by atoms with Gasteiger partial charge >= 0.3 is 5.97 Å². The summed E-state index contributed by atoms with van der Waals surface area (Å²) in [6.07, 6.45) is 4.95. The van der Waals surface area contributed by atoms with E-state index in [0.29, 0.717) is 18.4 Å². The van der Waals surface area contributed by atoms with E-state index in [2.05, 4.69) is 12.1 Å². The molecule has 0 aromatic heterocycles. The third-order valence-electron chi connectivity index (χ3n) is 5.12. The summed E-state index contributed by atoms with van der Waals surface area (Å²) in [7, 11) is 0. The third-order valence-corrected chi connectivity index (χ3v) is 5.12. The van der Waals surface area contributed by atoms with E-state index in [1.807, 2.05) is 29.2 Å². The summed E-state index contributed by atoms with van der Waals surface area (Å²) in [5, 5.41) is 9.29. The number of carbonyl (C=O) groups excluding carboxylic acids is 1. The number of nitrogens with zero attached hydrogens (tertiary/aromatic N) is 1. The Balaban J connectivity index is 1.65. The van der Waals surface area contributed by atoms with Gasteiger partial charge in [0, 0.05) is 19.0 Å². The fourth-order valence-corrected chi connectivity index (χ4v) is 3.76. The molecule has 4 nitrogen and oxygen atoms in total. The van der Waals surface area contributed by atoms with Crippen molar-refractivity contribution in [1.29, 1.82) is 0 Å². The summed E-state index contributed by atoms with van der Waals surface area (Å²) in [6.45, 7) is 0.802. The molecule has 2 aromatic rings. The number of carbonyl (C=O) groups is 2. The van der Waals surface area contributed by atoms with Crippen LogP contribution in [0.5, 0.6) is 0 Å². The fraction of sp³-hybridized carbons (Fsp3) is 0.364. The molecule has 0 saturated carbocycles. The summed E-state index contributed by atoms with van der Waals surface area (Å²) in [5.74, 6) is -0.807. The zero-order valence-corrected chi connectivity index (χ0v) is 14.9. The monoisotopic (exact) mass is 351 g/mol. The second kappa shape index (κ2) is 8.65. The van der Waals surface area contributed by atoms with Gasteiger partial charge in [0.1, 0.15) is 0 Å². The lowest BCUT2D eigenvalue weighted by molar-refractivity contribution is -0.134. The third kappa shape index (κ3) is 4.51. The first-order valence-corrected chi connectivity index (χ1v) is 9.30. The molecular formula is C22H25NO3. The highest BCUT2D eigenvalue weighted by Crippen LogP contribution is 2.22. The van der Waals surface area contributed by atoms with Crippen LogP contribution in [0.25, 0.3) is 0 Å². The van der Waals surface area contributed by atoms with Gasteiger partial charge in [-0.05, 0) is 49.3 Å². The van der Waals surface area contributed by atoms with Gasteiger partial charge in [-0.1, -0.05) is 48.5 Å². The van der Waals surface area contributed by atoms with E-state index in [1.54, 1.807) is 18.2 Å². The Bertz CT molecular complexity index is 757. The van der Waals surface area contributed by atoms with Crippen LogP contribution < -0.4 is 0 Å². The molecule has 3 rings (SSSR count). The minimum absolute atomic E-state index is 0.130. The molecule has 0 bridgehead atoms. The zero-order chi connectivity index (χ0) is 18.4. The van der Waals surface area contributed by atoms with Gasteiger partial charge in [-0.15, -0.1) is 0 Å². The molecule has 1 amide bonds. The highest BCUT2D eigenvalue weighted by atomic mass is 16.4. The second-order valence-electron chi connectivity index (χ2n) is 6.89. The smallest absolute Gasteiger partial charge is 0.335 e. The van der Waals surface area contributed by atoms with Gasteiger partial charge < -0.3 is 10.0 Å². The highest BCUT2D eigenvalue weighted by molar-refractivity contribution is 5.89. The summed E-state index contributed by atoms with van der Waals surface area (Å²) in [5.41, 5.74) is 2.28. The number of likely N-dealkylation sites (tertiary alicyclic amines) is 1. The number of carboxylic acids is 1. The summed E-state index contributed by atoms with van der Waals surface area (Å²) >= 11 is 0. The lowest BCUT2D eigenvalue weighted by Crippen LogP contribution is -2.45. The fourth-order valence-electron chi connectivity index (χ4n) is 3.76. The Labute approximate surface area is 154 Å². The Hall–Kier alpha value is -2.62. The van der Waals surface area contributed by atoms with E-state index < -0.39 is 5.97 Å². The Kier molecular flexibility index (Phi) is 6.05. The number of amides is 1. The van der Waals surface area contributed by atoms with Crippen molar-refractivity contribution >= 4 is 11.9 Å². The van der Waals surface area contributed by atoms with E-state index in [4.69, 9.17) is 0 Å². The van der Waals surface area contributed by atoms with Crippen LogP contribution in [-0.4, -0.2) is 34.5 Å². The van der Waals surface area contributed by atoms with Crippen LogP contribution in [0.1, 0.15) is 47.2 Å². The van der Waals surface area contributed by atoms with Gasteiger partial charge in [0.15, 0.2) is 0 Å². The standard InChI is InChI=1S/C22H25NO3/c24-21(14-13-18-10-4-5-12-20(18)22(25)26)23-15-7-6-11-19(23)16-17-8-2-1-3-9-17/h1-5,8-10,12,19H,6-7,11,13-16H2,(H,25,26). The van der Waals surface area contributed by atoms with Crippen LogP contribution in [-0.2, 0) is 17.6 Å². The molecule has 2 aromatic carbocycles. The summed E-state index contributed by atoms with van der Waals surface area (Å²) < 4.78 is 0. The van der Waals surface area contributed by atoms with E-state index >= 15 is 0 Å². The van der Waals surface area contributed by atoms with E-state index in [9.17, 15) is 14.7 Å². The molecular weight excluding hydrogens is 326 g/mol. The Morgan fingerprint density at radius 3 is 2.50 bits per heavy atom. The molecule has 136 valence electrons. The molecule has 26 heavy (non-hydrogen) atoms. The maximum absolute atomic E-state index is 12.8. The van der Waals surface area contributed by atoms with Crippen molar-refractivity contribution in [2.75, 3.05) is 6.54 Å². The number of benzene rings is 2. The van der Waals surface area contributed by atoms with Crippen LogP contribution in [0.4, 0.5) is 0 Å². The first-order valence-electron chi connectivity index (χ1n) is 9.30. The van der Waals surface area contributed by atoms with Crippen LogP contribution in [0.3, 0.4) is 0 Å². The molecule has 1 unspecified atom stereocenters. The van der Waals surface area contributed by atoms with Crippen LogP contribution in [0.2, 0.25) is 0 Å². The molecule has 1 atom stereocenters. The summed E-state index contributed by atoms with van der Waals surface area (Å²) in [6, 6.07) is 17.5. The van der Waals surface area contributed by atoms with Crippen LogP contribution >= 0.6 is 0 Å². The predicted octanol–water partition coefficient (Wildman–Crippen LogP) is 3.94. The van der Waals surface area contributed by atoms with Crippen LogP contribution in [0, 0.1) is 0 Å². The molecule has 1 N–H and O–H groups in total. The van der Waals surface area contributed by atoms with Crippen molar-refractivity contribution in [3.8, 4) is 0 Å². The van der Waals surface area contributed by atoms with E-state index in [0.717, 1.165) is 37.8 Å². The number of piperidine rings is 1. The van der Waals surface area contributed by atoms with Gasteiger partial charge in [0.25, 0.3) is 0 Å². The van der Waals surface area contributed by atoms with Gasteiger partial charge in [-0.3, -0.25) is 4.79 Å². The van der Waals surface area contributed by atoms with Crippen LogP contribution in [0.15, 0.2) is 54.6 Å². The molecule has 1 aliphatic heterocycles. The Morgan fingerprint density at radius 2 is 1.73 bits per heavy atom. The van der Waals surface area contributed by atoms with Crippen molar-refractivity contribution in [3.63, 3.8) is 0 Å². The average molecular weight is 351 g/mol. The minimum Gasteiger partial charge on any atom is -0.478 e. The van der Waals surface area contributed by atoms with E-state index in [1.165, 1.54) is 5.56 Å². The number of rotatable bonds is 6. The van der Waals surface area contributed by atoms with Crippen molar-refractivity contribution in [2.45, 2.75) is 44.6 Å². The minimum atomic E-state index is -0.937. The van der Waals surface area contributed by atoms with Gasteiger partial charge in [0.05, 0.1) is 5.56 Å². The maximum atomic E-state index is 12.8. The van der Waals surface area contributed by atoms with E-state index in [-0.39, 0.29) is 11.9 Å². The Morgan fingerprint density at radius 1 is 1.00 bits per heavy atom. The lowest BCUT2D eigenvalue weighted by atomic mass is 9.94. The lowest BCUT2D eigenvalue weighted by Gasteiger charge is -2.36. The predicted molar refractivity (Wildman–Crippen MR) is 101 cm³/mol. The quantitative estimate of drug-likeness (QED) is 0.857. The van der Waals surface area contributed by atoms with Crippen molar-refractivity contribution in [3.05, 3.63) is 71.3 Å². The molecule has 0 radical (unpaired) electrons.